The normalized spacial score (nSPS) is 12.7. The molecule has 0 spiro atoms. The van der Waals surface area contributed by atoms with Crippen LogP contribution in [0.3, 0.4) is 0 Å². The molecule has 0 aliphatic heterocycles. The average molecular weight is 207 g/mol. The fourth-order valence-electron chi connectivity index (χ4n) is 1.84. The first-order valence-electron chi connectivity index (χ1n) is 5.63. The van der Waals surface area contributed by atoms with Gasteiger partial charge in [0.1, 0.15) is 5.76 Å². The summed E-state index contributed by atoms with van der Waals surface area (Å²) in [4.78, 5) is 0. The number of nitrogens with one attached hydrogen (secondary N) is 1. The molecule has 1 N–H and O–H groups in total. The summed E-state index contributed by atoms with van der Waals surface area (Å²) in [5.74, 6) is 1.09. The van der Waals surface area contributed by atoms with E-state index in [-0.39, 0.29) is 0 Å². The van der Waals surface area contributed by atoms with Crippen LogP contribution in [-0.2, 0) is 6.42 Å². The van der Waals surface area contributed by atoms with E-state index in [1.807, 2.05) is 0 Å². The zero-order chi connectivity index (χ0) is 11.3. The Morgan fingerprint density at radius 2 is 2.27 bits per heavy atom. The number of furan rings is 1. The molecule has 1 unspecified atom stereocenters. The number of hydrogen-bond donors (Lipinski definition) is 1. The third-order valence-corrected chi connectivity index (χ3v) is 2.48. The number of aryl methyl sites for hydroxylation is 1. The lowest BCUT2D eigenvalue weighted by Crippen LogP contribution is -2.21. The van der Waals surface area contributed by atoms with E-state index in [1.54, 1.807) is 6.26 Å². The molecule has 84 valence electrons. The van der Waals surface area contributed by atoms with Crippen LogP contribution >= 0.6 is 0 Å². The smallest absolute Gasteiger partial charge is 0.108 e. The maximum absolute atomic E-state index is 5.45. The molecule has 0 amide bonds. The van der Waals surface area contributed by atoms with Crippen LogP contribution in [0.25, 0.3) is 0 Å². The highest BCUT2D eigenvalue weighted by atomic mass is 16.3. The van der Waals surface area contributed by atoms with Gasteiger partial charge < -0.3 is 9.73 Å². The van der Waals surface area contributed by atoms with Crippen molar-refractivity contribution in [2.24, 2.45) is 0 Å². The summed E-state index contributed by atoms with van der Waals surface area (Å²) < 4.78 is 5.45. The van der Waals surface area contributed by atoms with E-state index in [4.69, 9.17) is 4.42 Å². The minimum Gasteiger partial charge on any atom is -0.469 e. The first kappa shape index (κ1) is 12.1. The molecular weight excluding hydrogens is 186 g/mol. The molecule has 0 aromatic carbocycles. The summed E-state index contributed by atoms with van der Waals surface area (Å²) >= 11 is 0. The Labute approximate surface area is 92.4 Å². The Bertz CT molecular complexity index is 314. The van der Waals surface area contributed by atoms with E-state index >= 15 is 0 Å². The van der Waals surface area contributed by atoms with Gasteiger partial charge in [-0.3, -0.25) is 0 Å². The van der Waals surface area contributed by atoms with E-state index in [9.17, 15) is 0 Å². The minimum atomic E-state index is 0.348. The minimum absolute atomic E-state index is 0.348. The molecule has 0 aliphatic carbocycles. The van der Waals surface area contributed by atoms with Crippen molar-refractivity contribution < 1.29 is 4.42 Å². The molecule has 1 atom stereocenters. The van der Waals surface area contributed by atoms with Crippen molar-refractivity contribution in [3.63, 3.8) is 0 Å². The van der Waals surface area contributed by atoms with Crippen molar-refractivity contribution in [3.8, 4) is 0 Å². The van der Waals surface area contributed by atoms with Crippen molar-refractivity contribution in [1.29, 1.82) is 0 Å². The first-order chi connectivity index (χ1) is 7.19. The molecule has 1 aromatic heterocycles. The fourth-order valence-corrected chi connectivity index (χ4v) is 1.84. The van der Waals surface area contributed by atoms with Gasteiger partial charge in [-0.25, -0.2) is 0 Å². The average Bonchev–Trinajstić information content (AvgIpc) is 2.64. The molecule has 1 rings (SSSR count). The van der Waals surface area contributed by atoms with Crippen LogP contribution in [0.5, 0.6) is 0 Å². The Hall–Kier alpha value is -1.02. The summed E-state index contributed by atoms with van der Waals surface area (Å²) in [6.45, 7) is 11.2. The third kappa shape index (κ3) is 3.24. The van der Waals surface area contributed by atoms with Crippen LogP contribution in [-0.4, -0.2) is 6.54 Å². The van der Waals surface area contributed by atoms with Crippen LogP contribution in [0.15, 0.2) is 28.9 Å². The molecule has 0 saturated carbocycles. The third-order valence-electron chi connectivity index (χ3n) is 2.48. The maximum Gasteiger partial charge on any atom is 0.108 e. The molecule has 1 heterocycles. The SMILES string of the molecule is C=C(C)CC(NCC)c1ccoc1CC. The molecule has 0 saturated heterocycles. The highest BCUT2D eigenvalue weighted by Gasteiger charge is 2.15. The van der Waals surface area contributed by atoms with Crippen molar-refractivity contribution in [1.82, 2.24) is 5.32 Å². The summed E-state index contributed by atoms with van der Waals surface area (Å²) in [5, 5.41) is 3.47. The zero-order valence-corrected chi connectivity index (χ0v) is 9.97. The zero-order valence-electron chi connectivity index (χ0n) is 9.97. The lowest BCUT2D eigenvalue weighted by Gasteiger charge is -2.17. The van der Waals surface area contributed by atoms with E-state index in [0.29, 0.717) is 6.04 Å². The standard InChI is InChI=1S/C13H21NO/c1-5-13-11(7-8-15-13)12(14-6-2)9-10(3)4/h7-8,12,14H,3,5-6,9H2,1-2,4H3. The maximum atomic E-state index is 5.45. The predicted octanol–water partition coefficient (Wildman–Crippen LogP) is 3.46. The second-order valence-corrected chi connectivity index (χ2v) is 3.92. The quantitative estimate of drug-likeness (QED) is 0.723. The predicted molar refractivity (Wildman–Crippen MR) is 63.9 cm³/mol. The van der Waals surface area contributed by atoms with Crippen molar-refractivity contribution in [2.75, 3.05) is 6.54 Å². The van der Waals surface area contributed by atoms with Crippen LogP contribution in [0.1, 0.15) is 44.6 Å². The fraction of sp³-hybridized carbons (Fsp3) is 0.538. The molecule has 0 bridgehead atoms. The Kier molecular flexibility index (Phi) is 4.63. The summed E-state index contributed by atoms with van der Waals surface area (Å²) in [5.41, 5.74) is 2.48. The Morgan fingerprint density at radius 1 is 1.53 bits per heavy atom. The van der Waals surface area contributed by atoms with Crippen molar-refractivity contribution in [3.05, 3.63) is 35.8 Å². The van der Waals surface area contributed by atoms with Crippen LogP contribution < -0.4 is 5.32 Å². The van der Waals surface area contributed by atoms with Gasteiger partial charge in [0.2, 0.25) is 0 Å². The van der Waals surface area contributed by atoms with Crippen molar-refractivity contribution >= 4 is 0 Å². The van der Waals surface area contributed by atoms with Gasteiger partial charge in [0, 0.05) is 18.0 Å². The molecule has 2 nitrogen and oxygen atoms in total. The van der Waals surface area contributed by atoms with Gasteiger partial charge in [-0.15, -0.1) is 6.58 Å². The van der Waals surface area contributed by atoms with E-state index in [0.717, 1.165) is 25.1 Å². The highest BCUT2D eigenvalue weighted by Crippen LogP contribution is 2.25. The van der Waals surface area contributed by atoms with Gasteiger partial charge >= 0.3 is 0 Å². The second-order valence-electron chi connectivity index (χ2n) is 3.92. The molecule has 0 aliphatic rings. The van der Waals surface area contributed by atoms with Gasteiger partial charge in [-0.05, 0) is 26.0 Å². The van der Waals surface area contributed by atoms with Crippen LogP contribution in [0.2, 0.25) is 0 Å². The van der Waals surface area contributed by atoms with Crippen LogP contribution in [0.4, 0.5) is 0 Å². The van der Waals surface area contributed by atoms with Crippen LogP contribution in [0, 0.1) is 0 Å². The summed E-state index contributed by atoms with van der Waals surface area (Å²) in [6, 6.07) is 2.41. The summed E-state index contributed by atoms with van der Waals surface area (Å²) in [6.07, 6.45) is 3.69. The largest absolute Gasteiger partial charge is 0.469 e. The Balaban J connectivity index is 2.82. The lowest BCUT2D eigenvalue weighted by atomic mass is 10.00. The molecule has 1 aromatic rings. The second kappa shape index (κ2) is 5.76. The van der Waals surface area contributed by atoms with Crippen molar-refractivity contribution in [2.45, 2.75) is 39.7 Å². The summed E-state index contributed by atoms with van der Waals surface area (Å²) in [7, 11) is 0. The number of rotatable bonds is 6. The first-order valence-corrected chi connectivity index (χ1v) is 5.63. The monoisotopic (exact) mass is 207 g/mol. The van der Waals surface area contributed by atoms with Gasteiger partial charge in [0.25, 0.3) is 0 Å². The molecular formula is C13H21NO. The van der Waals surface area contributed by atoms with Gasteiger partial charge in [-0.2, -0.15) is 0 Å². The molecule has 2 heteroatoms. The lowest BCUT2D eigenvalue weighted by molar-refractivity contribution is 0.487. The molecule has 15 heavy (non-hydrogen) atoms. The van der Waals surface area contributed by atoms with Gasteiger partial charge in [-0.1, -0.05) is 19.4 Å². The van der Waals surface area contributed by atoms with E-state index in [2.05, 4.69) is 38.7 Å². The van der Waals surface area contributed by atoms with E-state index < -0.39 is 0 Å². The molecule has 0 fully saturated rings. The number of hydrogen-bond acceptors (Lipinski definition) is 2. The van der Waals surface area contributed by atoms with E-state index in [1.165, 1.54) is 11.1 Å². The topological polar surface area (TPSA) is 25.2 Å². The highest BCUT2D eigenvalue weighted by molar-refractivity contribution is 5.23. The van der Waals surface area contributed by atoms with Gasteiger partial charge in [0.05, 0.1) is 6.26 Å². The van der Waals surface area contributed by atoms with Gasteiger partial charge in [0.15, 0.2) is 0 Å². The molecule has 0 radical (unpaired) electrons. The Morgan fingerprint density at radius 3 is 2.80 bits per heavy atom.